The second-order valence-electron chi connectivity index (χ2n) is 7.42. The van der Waals surface area contributed by atoms with Gasteiger partial charge in [-0.15, -0.1) is 0 Å². The summed E-state index contributed by atoms with van der Waals surface area (Å²) in [6, 6.07) is 4.09. The molecular formula is C24H18N6. The first kappa shape index (κ1) is 16.7. The molecule has 5 aliphatic heterocycles. The standard InChI is InChI=1S/C24H18N6/c1-14-21-12-19-6-4-17(28-19)10-15-2-3-16(27-15)11-18-5-7-20(29-18)13-22(30-21)23(14)24-25-8-9-26-24/h2-13,25-27H,1H3. The van der Waals surface area contributed by atoms with Crippen LogP contribution in [-0.2, 0) is 0 Å². The lowest BCUT2D eigenvalue weighted by atomic mass is 10.0. The number of nitrogens with zero attached hydrogens (tertiary/aromatic N) is 3. The normalized spacial score (nSPS) is 20.9. The summed E-state index contributed by atoms with van der Waals surface area (Å²) in [5.74, 6) is 0.922. The third kappa shape index (κ3) is 2.86. The van der Waals surface area contributed by atoms with Gasteiger partial charge in [0.1, 0.15) is 5.82 Å². The predicted molar refractivity (Wildman–Crippen MR) is 121 cm³/mol. The van der Waals surface area contributed by atoms with Crippen molar-refractivity contribution in [3.05, 3.63) is 106 Å². The first-order chi connectivity index (χ1) is 14.7. The van der Waals surface area contributed by atoms with Gasteiger partial charge in [-0.05, 0) is 73.2 Å². The van der Waals surface area contributed by atoms with Crippen molar-refractivity contribution < 1.29 is 0 Å². The van der Waals surface area contributed by atoms with Crippen LogP contribution in [0.25, 0.3) is 12.2 Å². The number of rotatable bonds is 0. The summed E-state index contributed by atoms with van der Waals surface area (Å²) >= 11 is 0. The Balaban J connectivity index is 1.57. The Labute approximate surface area is 172 Å². The molecule has 3 N–H and O–H groups in total. The molecule has 0 saturated carbocycles. The third-order valence-corrected chi connectivity index (χ3v) is 5.32. The number of aromatic nitrogens is 1. The van der Waals surface area contributed by atoms with E-state index >= 15 is 0 Å². The highest BCUT2D eigenvalue weighted by atomic mass is 15.1. The van der Waals surface area contributed by atoms with Crippen molar-refractivity contribution in [2.75, 3.05) is 0 Å². The van der Waals surface area contributed by atoms with Crippen LogP contribution in [0.1, 0.15) is 6.92 Å². The molecule has 1 aromatic rings. The Morgan fingerprint density at radius 2 is 1.33 bits per heavy atom. The Hall–Kier alpha value is -4.19. The van der Waals surface area contributed by atoms with E-state index in [1.807, 2.05) is 73.1 Å². The van der Waals surface area contributed by atoms with E-state index in [0.717, 1.165) is 61.9 Å². The predicted octanol–water partition coefficient (Wildman–Crippen LogP) is 1.98. The molecule has 0 unspecified atom stereocenters. The zero-order valence-corrected chi connectivity index (χ0v) is 16.3. The van der Waals surface area contributed by atoms with Gasteiger partial charge in [0.15, 0.2) is 0 Å². The molecule has 6 heteroatoms. The first-order valence-electron chi connectivity index (χ1n) is 9.79. The maximum atomic E-state index is 4.92. The fourth-order valence-corrected chi connectivity index (χ4v) is 3.89. The minimum absolute atomic E-state index is 0.870. The van der Waals surface area contributed by atoms with Gasteiger partial charge in [0, 0.05) is 28.7 Å². The molecule has 144 valence electrons. The van der Waals surface area contributed by atoms with Crippen LogP contribution in [0.2, 0.25) is 0 Å². The summed E-state index contributed by atoms with van der Waals surface area (Å²) in [6.45, 7) is 2.09. The van der Waals surface area contributed by atoms with Crippen LogP contribution < -0.4 is 21.3 Å². The monoisotopic (exact) mass is 390 g/mol. The van der Waals surface area contributed by atoms with Crippen molar-refractivity contribution in [1.82, 2.24) is 15.6 Å². The van der Waals surface area contributed by atoms with Crippen molar-refractivity contribution in [2.45, 2.75) is 6.92 Å². The SMILES string of the molecule is CC1=C2C=C3C=CC(=N3)C=c3ccc([nH]3)=CC3=NC(=CC(=N2)C1=C1NC=CN1)C=C3. The molecule has 0 spiro atoms. The Bertz CT molecular complexity index is 1410. The van der Waals surface area contributed by atoms with Gasteiger partial charge in [-0.2, -0.15) is 0 Å². The van der Waals surface area contributed by atoms with Crippen molar-refractivity contribution in [3.8, 4) is 0 Å². The van der Waals surface area contributed by atoms with Gasteiger partial charge in [-0.3, -0.25) is 0 Å². The molecule has 0 amide bonds. The second kappa shape index (κ2) is 6.42. The van der Waals surface area contributed by atoms with E-state index in [2.05, 4.69) is 22.5 Å². The van der Waals surface area contributed by atoms with Crippen molar-refractivity contribution in [2.24, 2.45) is 15.0 Å². The van der Waals surface area contributed by atoms with Gasteiger partial charge in [0.05, 0.1) is 34.2 Å². The van der Waals surface area contributed by atoms with Crippen LogP contribution in [0.5, 0.6) is 0 Å². The van der Waals surface area contributed by atoms with E-state index in [1.54, 1.807) is 0 Å². The molecule has 8 bridgehead atoms. The molecule has 0 fully saturated rings. The fourth-order valence-electron chi connectivity index (χ4n) is 3.89. The van der Waals surface area contributed by atoms with Crippen molar-refractivity contribution in [1.29, 1.82) is 0 Å². The van der Waals surface area contributed by atoms with Gasteiger partial charge in [0.25, 0.3) is 0 Å². The Morgan fingerprint density at radius 3 is 2.00 bits per heavy atom. The zero-order valence-electron chi connectivity index (χ0n) is 16.3. The van der Waals surface area contributed by atoms with Crippen molar-refractivity contribution >= 4 is 29.3 Å². The van der Waals surface area contributed by atoms with Gasteiger partial charge >= 0.3 is 0 Å². The van der Waals surface area contributed by atoms with E-state index in [1.165, 1.54) is 0 Å². The van der Waals surface area contributed by atoms with Gasteiger partial charge in [0.2, 0.25) is 0 Å². The summed E-state index contributed by atoms with van der Waals surface area (Å²) in [5.41, 5.74) is 7.46. The number of aliphatic imine (C=N–C) groups is 3. The topological polar surface area (TPSA) is 76.9 Å². The minimum atomic E-state index is 0.870. The summed E-state index contributed by atoms with van der Waals surface area (Å²) in [6.07, 6.45) is 19.9. The molecular weight excluding hydrogens is 372 g/mol. The van der Waals surface area contributed by atoms with Gasteiger partial charge < -0.3 is 15.6 Å². The first-order valence-corrected chi connectivity index (χ1v) is 9.79. The van der Waals surface area contributed by atoms with E-state index < -0.39 is 0 Å². The number of nitrogens with one attached hydrogen (secondary N) is 3. The summed E-state index contributed by atoms with van der Waals surface area (Å²) in [5, 5.41) is 8.54. The average Bonchev–Trinajstić information content (AvgIpc) is 3.52. The minimum Gasteiger partial charge on any atom is -0.355 e. The van der Waals surface area contributed by atoms with E-state index in [-0.39, 0.29) is 0 Å². The highest BCUT2D eigenvalue weighted by Gasteiger charge is 2.24. The number of fused-ring (bicyclic) bond motifs is 5. The van der Waals surface area contributed by atoms with Crippen LogP contribution in [0.4, 0.5) is 0 Å². The molecule has 0 aliphatic carbocycles. The van der Waals surface area contributed by atoms with Crippen molar-refractivity contribution in [3.63, 3.8) is 0 Å². The molecule has 0 atom stereocenters. The third-order valence-electron chi connectivity index (χ3n) is 5.32. The maximum Gasteiger partial charge on any atom is 0.117 e. The van der Waals surface area contributed by atoms with Crippen LogP contribution in [0, 0.1) is 0 Å². The molecule has 6 rings (SSSR count). The average molecular weight is 390 g/mol. The molecule has 1 aromatic heterocycles. The lowest BCUT2D eigenvalue weighted by Crippen LogP contribution is -2.16. The maximum absolute atomic E-state index is 4.92. The molecule has 0 saturated heterocycles. The lowest BCUT2D eigenvalue weighted by molar-refractivity contribution is 0.973. The molecule has 5 aliphatic rings. The number of hydrogen-bond acceptors (Lipinski definition) is 5. The highest BCUT2D eigenvalue weighted by molar-refractivity contribution is 6.21. The zero-order chi connectivity index (χ0) is 20.1. The molecule has 0 aromatic carbocycles. The fraction of sp³-hybridized carbons (Fsp3) is 0.0417. The Kier molecular flexibility index (Phi) is 3.58. The molecule has 0 radical (unpaired) electrons. The smallest absolute Gasteiger partial charge is 0.117 e. The van der Waals surface area contributed by atoms with E-state index in [9.17, 15) is 0 Å². The van der Waals surface area contributed by atoms with E-state index in [4.69, 9.17) is 15.0 Å². The number of aromatic amines is 1. The largest absolute Gasteiger partial charge is 0.355 e. The van der Waals surface area contributed by atoms with E-state index in [0.29, 0.717) is 0 Å². The summed E-state index contributed by atoms with van der Waals surface area (Å²) < 4.78 is 0. The molecule has 6 heterocycles. The molecule has 6 nitrogen and oxygen atoms in total. The van der Waals surface area contributed by atoms with Gasteiger partial charge in [-0.25, -0.2) is 15.0 Å². The highest BCUT2D eigenvalue weighted by Crippen LogP contribution is 2.31. The van der Waals surface area contributed by atoms with Crippen LogP contribution in [0.3, 0.4) is 0 Å². The van der Waals surface area contributed by atoms with Crippen LogP contribution in [-0.4, -0.2) is 22.1 Å². The second-order valence-corrected chi connectivity index (χ2v) is 7.42. The van der Waals surface area contributed by atoms with Crippen LogP contribution in [0.15, 0.2) is 110 Å². The number of H-pyrrole nitrogens is 1. The van der Waals surface area contributed by atoms with Gasteiger partial charge in [-0.1, -0.05) is 0 Å². The quantitative estimate of drug-likeness (QED) is 0.634. The summed E-state index contributed by atoms with van der Waals surface area (Å²) in [4.78, 5) is 17.8. The number of allylic oxidation sites excluding steroid dienone is 8. The van der Waals surface area contributed by atoms with Crippen LogP contribution >= 0.6 is 0 Å². The molecule has 30 heavy (non-hydrogen) atoms. The Morgan fingerprint density at radius 1 is 0.700 bits per heavy atom. The summed E-state index contributed by atoms with van der Waals surface area (Å²) in [7, 11) is 0. The lowest BCUT2D eigenvalue weighted by Gasteiger charge is -2.08. The number of hydrogen-bond donors (Lipinski definition) is 3.